The van der Waals surface area contributed by atoms with Crippen LogP contribution in [0.4, 0.5) is 0 Å². The van der Waals surface area contributed by atoms with Gasteiger partial charge in [-0.05, 0) is 64.9 Å². The number of rotatable bonds is 8. The Bertz CT molecular complexity index is 551. The van der Waals surface area contributed by atoms with Crippen LogP contribution in [0.3, 0.4) is 0 Å². The lowest BCUT2D eigenvalue weighted by molar-refractivity contribution is -0.917. The minimum Gasteiger partial charge on any atom is -0.372 e. The van der Waals surface area contributed by atoms with Gasteiger partial charge in [-0.1, -0.05) is 49.6 Å². The van der Waals surface area contributed by atoms with E-state index in [0.717, 1.165) is 30.5 Å². The van der Waals surface area contributed by atoms with Gasteiger partial charge in [-0.2, -0.15) is 0 Å². The molecule has 1 heterocycles. The highest BCUT2D eigenvalue weighted by Crippen LogP contribution is 2.29. The lowest BCUT2D eigenvalue weighted by Crippen LogP contribution is -2.61. The zero-order valence-electron chi connectivity index (χ0n) is 19.7. The van der Waals surface area contributed by atoms with E-state index in [1.54, 1.807) is 0 Å². The highest BCUT2D eigenvalue weighted by Gasteiger charge is 2.40. The van der Waals surface area contributed by atoms with E-state index in [-0.39, 0.29) is 5.41 Å². The van der Waals surface area contributed by atoms with Gasteiger partial charge >= 0.3 is 0 Å². The van der Waals surface area contributed by atoms with E-state index in [1.165, 1.54) is 36.0 Å². The Morgan fingerprint density at radius 1 is 0.963 bits per heavy atom. The van der Waals surface area contributed by atoms with Crippen LogP contribution >= 0.6 is 0 Å². The van der Waals surface area contributed by atoms with Crippen LogP contribution in [-0.4, -0.2) is 51.1 Å². The van der Waals surface area contributed by atoms with Crippen LogP contribution in [0.1, 0.15) is 74.1 Å². The van der Waals surface area contributed by atoms with E-state index in [0.29, 0.717) is 12.1 Å². The standard InChI is InChI=1S/C24H45BNO/c1-19(2)11-9-12-20(3)13-10-14-21(4)15-16-26(8)17-22(24(5,6)7)27-23(25)18-26/h11,13,15,22-23H,9-10,12,14,16-18,25H2,1-8H3/q+1/b20-13+,21-15+. The second kappa shape index (κ2) is 10.7. The van der Waals surface area contributed by atoms with Crippen LogP contribution in [0.25, 0.3) is 0 Å². The first-order chi connectivity index (χ1) is 12.4. The molecule has 0 saturated carbocycles. The fraction of sp³-hybridized carbons (Fsp3) is 0.750. The Kier molecular flexibility index (Phi) is 9.58. The summed E-state index contributed by atoms with van der Waals surface area (Å²) in [6.45, 7) is 19.2. The quantitative estimate of drug-likeness (QED) is 0.320. The van der Waals surface area contributed by atoms with Crippen molar-refractivity contribution in [1.82, 2.24) is 0 Å². The van der Waals surface area contributed by atoms with Gasteiger partial charge in [-0.3, -0.25) is 0 Å². The molecule has 0 aliphatic carbocycles. The Morgan fingerprint density at radius 3 is 2.07 bits per heavy atom. The van der Waals surface area contributed by atoms with E-state index >= 15 is 0 Å². The predicted octanol–water partition coefficient (Wildman–Crippen LogP) is 5.26. The Labute approximate surface area is 170 Å². The van der Waals surface area contributed by atoms with E-state index in [2.05, 4.69) is 81.6 Å². The van der Waals surface area contributed by atoms with Crippen molar-refractivity contribution < 1.29 is 9.22 Å². The van der Waals surface area contributed by atoms with Crippen molar-refractivity contribution in [3.63, 3.8) is 0 Å². The van der Waals surface area contributed by atoms with Gasteiger partial charge < -0.3 is 9.22 Å². The zero-order chi connectivity index (χ0) is 20.7. The molecule has 1 aliphatic heterocycles. The number of nitrogens with zero attached hydrogens (tertiary/aromatic N) is 1. The fourth-order valence-corrected chi connectivity index (χ4v) is 3.80. The second-order valence-corrected chi connectivity index (χ2v) is 10.4. The Balaban J connectivity index is 2.51. The van der Waals surface area contributed by atoms with Crippen LogP contribution in [-0.2, 0) is 4.74 Å². The van der Waals surface area contributed by atoms with Gasteiger partial charge in [0.05, 0.1) is 26.1 Å². The molecular weight excluding hydrogens is 329 g/mol. The third kappa shape index (κ3) is 9.80. The molecule has 1 saturated heterocycles. The maximum absolute atomic E-state index is 6.24. The predicted molar refractivity (Wildman–Crippen MR) is 123 cm³/mol. The molecule has 0 spiro atoms. The van der Waals surface area contributed by atoms with Crippen molar-refractivity contribution in [1.29, 1.82) is 0 Å². The van der Waals surface area contributed by atoms with Crippen molar-refractivity contribution in [2.45, 2.75) is 86.3 Å². The number of likely N-dealkylation sites (N-methyl/N-ethyl adjacent to an activating group) is 1. The highest BCUT2D eigenvalue weighted by atomic mass is 16.5. The van der Waals surface area contributed by atoms with Crippen molar-refractivity contribution >= 4 is 7.85 Å². The van der Waals surface area contributed by atoms with Crippen LogP contribution in [0.2, 0.25) is 0 Å². The van der Waals surface area contributed by atoms with Crippen LogP contribution in [0.5, 0.6) is 0 Å². The summed E-state index contributed by atoms with van der Waals surface area (Å²) in [6.07, 6.45) is 12.3. The highest BCUT2D eigenvalue weighted by molar-refractivity contribution is 6.11. The van der Waals surface area contributed by atoms with Crippen LogP contribution < -0.4 is 0 Å². The Morgan fingerprint density at radius 2 is 1.52 bits per heavy atom. The smallest absolute Gasteiger partial charge is 0.146 e. The molecule has 27 heavy (non-hydrogen) atoms. The lowest BCUT2D eigenvalue weighted by Gasteiger charge is -2.47. The fourth-order valence-electron chi connectivity index (χ4n) is 3.80. The summed E-state index contributed by atoms with van der Waals surface area (Å²) < 4.78 is 7.34. The van der Waals surface area contributed by atoms with Gasteiger partial charge in [0.15, 0.2) is 0 Å². The molecule has 0 aromatic heterocycles. The van der Waals surface area contributed by atoms with Gasteiger partial charge in [0.1, 0.15) is 20.5 Å². The van der Waals surface area contributed by atoms with Gasteiger partial charge in [0.25, 0.3) is 0 Å². The molecule has 2 nitrogen and oxygen atoms in total. The third-order valence-electron chi connectivity index (χ3n) is 5.67. The Hall–Kier alpha value is -0.795. The summed E-state index contributed by atoms with van der Waals surface area (Å²) in [5.74, 6) is 0. The van der Waals surface area contributed by atoms with Gasteiger partial charge in [0, 0.05) is 0 Å². The minimum atomic E-state index is 0.209. The number of quaternary nitrogens is 1. The molecule has 0 N–H and O–H groups in total. The van der Waals surface area contributed by atoms with Crippen LogP contribution in [0, 0.1) is 5.41 Å². The van der Waals surface area contributed by atoms with Crippen LogP contribution in [0.15, 0.2) is 34.9 Å². The first-order valence-electron chi connectivity index (χ1n) is 10.8. The number of ether oxygens (including phenoxy) is 1. The second-order valence-electron chi connectivity index (χ2n) is 10.4. The van der Waals surface area contributed by atoms with E-state index in [1.807, 2.05) is 0 Å². The molecule has 0 radical (unpaired) electrons. The van der Waals surface area contributed by atoms with E-state index in [9.17, 15) is 0 Å². The van der Waals surface area contributed by atoms with Crippen molar-refractivity contribution in [2.75, 3.05) is 26.7 Å². The largest absolute Gasteiger partial charge is 0.372 e. The molecule has 0 aromatic rings. The maximum Gasteiger partial charge on any atom is 0.146 e. The SMILES string of the molecule is BC1C[N+](C)(C/C=C(\C)CC/C=C(\C)CCC=C(C)C)CC(C(C)(C)C)O1. The van der Waals surface area contributed by atoms with Gasteiger partial charge in [-0.15, -0.1) is 0 Å². The van der Waals surface area contributed by atoms with Crippen molar-refractivity contribution in [3.05, 3.63) is 34.9 Å². The number of hydrogen-bond donors (Lipinski definition) is 0. The summed E-state index contributed by atoms with van der Waals surface area (Å²) in [4.78, 5) is 0. The number of hydrogen-bond acceptors (Lipinski definition) is 1. The summed E-state index contributed by atoms with van der Waals surface area (Å²) >= 11 is 0. The molecule has 1 aliphatic rings. The first-order valence-corrected chi connectivity index (χ1v) is 10.8. The summed E-state index contributed by atoms with van der Waals surface area (Å²) in [5, 5.41) is 0. The third-order valence-corrected chi connectivity index (χ3v) is 5.67. The molecule has 0 amide bonds. The van der Waals surface area contributed by atoms with Crippen molar-refractivity contribution in [2.24, 2.45) is 5.41 Å². The average Bonchev–Trinajstić information content (AvgIpc) is 2.51. The monoisotopic (exact) mass is 374 g/mol. The molecule has 3 unspecified atom stereocenters. The minimum absolute atomic E-state index is 0.209. The normalized spacial score (nSPS) is 27.6. The summed E-state index contributed by atoms with van der Waals surface area (Å²) in [5.41, 5.74) is 4.67. The zero-order valence-corrected chi connectivity index (χ0v) is 19.7. The molecule has 1 fully saturated rings. The topological polar surface area (TPSA) is 9.23 Å². The van der Waals surface area contributed by atoms with Gasteiger partial charge in [-0.25, -0.2) is 0 Å². The molecule has 3 atom stereocenters. The molecule has 0 bridgehead atoms. The number of morpholine rings is 1. The van der Waals surface area contributed by atoms with E-state index < -0.39 is 0 Å². The summed E-state index contributed by atoms with van der Waals surface area (Å²) in [6, 6.07) is 0.341. The molecule has 1 rings (SSSR count). The van der Waals surface area contributed by atoms with E-state index in [4.69, 9.17) is 4.74 Å². The van der Waals surface area contributed by atoms with Gasteiger partial charge in [0.2, 0.25) is 0 Å². The van der Waals surface area contributed by atoms with Crippen molar-refractivity contribution in [3.8, 4) is 0 Å². The molecule has 0 aromatic carbocycles. The molecular formula is C24H45BNO+. The summed E-state index contributed by atoms with van der Waals surface area (Å²) in [7, 11) is 4.63. The first kappa shape index (κ1) is 24.2. The maximum atomic E-state index is 6.24. The lowest BCUT2D eigenvalue weighted by atomic mass is 9.85. The molecule has 3 heteroatoms. The molecule has 154 valence electrons. The number of allylic oxidation sites excluding steroid dienone is 5. The average molecular weight is 374 g/mol.